The number of carbonyl (C=O) groups is 1. The molecule has 1 amide bonds. The van der Waals surface area contributed by atoms with E-state index in [0.717, 1.165) is 43.2 Å². The Hall–Kier alpha value is -2.83. The van der Waals surface area contributed by atoms with Crippen LogP contribution in [0.2, 0.25) is 0 Å². The Kier molecular flexibility index (Phi) is 5.66. The third-order valence-electron chi connectivity index (χ3n) is 4.03. The Morgan fingerprint density at radius 1 is 1.16 bits per heavy atom. The molecule has 7 nitrogen and oxygen atoms in total. The van der Waals surface area contributed by atoms with E-state index in [1.165, 1.54) is 6.33 Å². The van der Waals surface area contributed by atoms with Crippen LogP contribution in [0.3, 0.4) is 0 Å². The minimum Gasteiger partial charge on any atom is -0.497 e. The van der Waals surface area contributed by atoms with Crippen LogP contribution in [0.4, 0.5) is 5.82 Å². The van der Waals surface area contributed by atoms with Gasteiger partial charge in [-0.1, -0.05) is 0 Å². The standard InChI is InChI=1S/C18H22N4O3/c1-24-14-4-6-15(7-5-14)25-11-8-19-18(23)16-12-17(21-13-20-16)22-9-2-3-10-22/h4-7,12-13H,2-3,8-11H2,1H3,(H,19,23). The van der Waals surface area contributed by atoms with Crippen molar-refractivity contribution in [2.75, 3.05) is 38.3 Å². The van der Waals surface area contributed by atoms with Crippen LogP contribution in [-0.4, -0.2) is 49.2 Å². The number of hydrogen-bond donors (Lipinski definition) is 1. The second-order valence-corrected chi connectivity index (χ2v) is 5.74. The van der Waals surface area contributed by atoms with Crippen molar-refractivity contribution in [3.63, 3.8) is 0 Å². The molecule has 2 heterocycles. The lowest BCUT2D eigenvalue weighted by Crippen LogP contribution is -2.29. The third kappa shape index (κ3) is 4.59. The van der Waals surface area contributed by atoms with Crippen LogP contribution in [-0.2, 0) is 0 Å². The van der Waals surface area contributed by atoms with Crippen LogP contribution >= 0.6 is 0 Å². The van der Waals surface area contributed by atoms with Gasteiger partial charge in [-0.05, 0) is 37.1 Å². The summed E-state index contributed by atoms with van der Waals surface area (Å²) in [6, 6.07) is 9.05. The molecule has 1 aromatic carbocycles. The highest BCUT2D eigenvalue weighted by Crippen LogP contribution is 2.18. The summed E-state index contributed by atoms with van der Waals surface area (Å²) >= 11 is 0. The van der Waals surface area contributed by atoms with Gasteiger partial charge in [-0.25, -0.2) is 9.97 Å². The molecular formula is C18H22N4O3. The van der Waals surface area contributed by atoms with Crippen LogP contribution in [0.25, 0.3) is 0 Å². The Balaban J connectivity index is 1.46. The number of nitrogens with one attached hydrogen (secondary N) is 1. The fourth-order valence-corrected chi connectivity index (χ4v) is 2.69. The Labute approximate surface area is 147 Å². The number of carbonyl (C=O) groups excluding carboxylic acids is 1. The summed E-state index contributed by atoms with van der Waals surface area (Å²) < 4.78 is 10.7. The van der Waals surface area contributed by atoms with Crippen molar-refractivity contribution in [3.05, 3.63) is 42.4 Å². The van der Waals surface area contributed by atoms with Crippen molar-refractivity contribution in [1.29, 1.82) is 0 Å². The number of methoxy groups -OCH3 is 1. The van der Waals surface area contributed by atoms with Gasteiger partial charge in [-0.15, -0.1) is 0 Å². The van der Waals surface area contributed by atoms with Crippen LogP contribution in [0.15, 0.2) is 36.7 Å². The summed E-state index contributed by atoms with van der Waals surface area (Å²) in [4.78, 5) is 22.7. The first-order valence-corrected chi connectivity index (χ1v) is 8.38. The van der Waals surface area contributed by atoms with Crippen molar-refractivity contribution in [2.45, 2.75) is 12.8 Å². The molecule has 25 heavy (non-hydrogen) atoms. The van der Waals surface area contributed by atoms with Crippen molar-refractivity contribution in [3.8, 4) is 11.5 Å². The first-order chi connectivity index (χ1) is 12.3. The van der Waals surface area contributed by atoms with E-state index >= 15 is 0 Å². The quantitative estimate of drug-likeness (QED) is 0.775. The number of ether oxygens (including phenoxy) is 2. The van der Waals surface area contributed by atoms with E-state index in [9.17, 15) is 4.79 Å². The van der Waals surface area contributed by atoms with Gasteiger partial charge >= 0.3 is 0 Å². The maximum atomic E-state index is 12.2. The molecule has 0 unspecified atom stereocenters. The molecule has 0 aliphatic carbocycles. The zero-order chi connectivity index (χ0) is 17.5. The van der Waals surface area contributed by atoms with E-state index in [2.05, 4.69) is 20.2 Å². The van der Waals surface area contributed by atoms with Crippen molar-refractivity contribution < 1.29 is 14.3 Å². The number of rotatable bonds is 7. The van der Waals surface area contributed by atoms with E-state index in [1.807, 2.05) is 24.3 Å². The summed E-state index contributed by atoms with van der Waals surface area (Å²) in [6.07, 6.45) is 3.76. The second-order valence-electron chi connectivity index (χ2n) is 5.74. The lowest BCUT2D eigenvalue weighted by Gasteiger charge is -2.16. The molecule has 1 saturated heterocycles. The third-order valence-corrected chi connectivity index (χ3v) is 4.03. The van der Waals surface area contributed by atoms with Gasteiger partial charge in [0.15, 0.2) is 0 Å². The van der Waals surface area contributed by atoms with Gasteiger partial charge in [0.25, 0.3) is 5.91 Å². The van der Waals surface area contributed by atoms with Crippen LogP contribution in [0.5, 0.6) is 11.5 Å². The zero-order valence-corrected chi connectivity index (χ0v) is 14.3. The summed E-state index contributed by atoms with van der Waals surface area (Å²) in [6.45, 7) is 2.73. The summed E-state index contributed by atoms with van der Waals surface area (Å²) in [7, 11) is 1.62. The first kappa shape index (κ1) is 17.0. The minimum absolute atomic E-state index is 0.221. The molecule has 1 aliphatic heterocycles. The Bertz CT molecular complexity index is 700. The number of nitrogens with zero attached hydrogens (tertiary/aromatic N) is 3. The molecule has 0 radical (unpaired) electrons. The summed E-state index contributed by atoms with van der Waals surface area (Å²) in [5.41, 5.74) is 0.376. The molecule has 3 rings (SSSR count). The Morgan fingerprint density at radius 2 is 1.88 bits per heavy atom. The minimum atomic E-state index is -0.221. The molecule has 132 valence electrons. The maximum absolute atomic E-state index is 12.2. The number of hydrogen-bond acceptors (Lipinski definition) is 6. The maximum Gasteiger partial charge on any atom is 0.270 e. The smallest absolute Gasteiger partial charge is 0.270 e. The zero-order valence-electron chi connectivity index (χ0n) is 14.3. The van der Waals surface area contributed by atoms with Crippen LogP contribution in [0.1, 0.15) is 23.3 Å². The number of amides is 1. The predicted octanol–water partition coefficient (Wildman–Crippen LogP) is 1.89. The van der Waals surface area contributed by atoms with Crippen molar-refractivity contribution >= 4 is 11.7 Å². The largest absolute Gasteiger partial charge is 0.497 e. The molecule has 0 spiro atoms. The normalized spacial score (nSPS) is 13.6. The van der Waals surface area contributed by atoms with E-state index in [0.29, 0.717) is 18.8 Å². The second kappa shape index (κ2) is 8.32. The van der Waals surface area contributed by atoms with E-state index in [4.69, 9.17) is 9.47 Å². The van der Waals surface area contributed by atoms with E-state index in [1.54, 1.807) is 13.2 Å². The average Bonchev–Trinajstić information content (AvgIpc) is 3.20. The van der Waals surface area contributed by atoms with E-state index in [-0.39, 0.29) is 5.91 Å². The fourth-order valence-electron chi connectivity index (χ4n) is 2.69. The molecule has 1 aromatic heterocycles. The number of benzene rings is 1. The van der Waals surface area contributed by atoms with Crippen molar-refractivity contribution in [1.82, 2.24) is 15.3 Å². The summed E-state index contributed by atoms with van der Waals surface area (Å²) in [5.74, 6) is 2.10. The van der Waals surface area contributed by atoms with Gasteiger partial charge in [0.05, 0.1) is 13.7 Å². The van der Waals surface area contributed by atoms with Gasteiger partial charge in [-0.3, -0.25) is 4.79 Å². The number of anilines is 1. The van der Waals surface area contributed by atoms with Crippen LogP contribution in [0, 0.1) is 0 Å². The topological polar surface area (TPSA) is 76.6 Å². The SMILES string of the molecule is COc1ccc(OCCNC(=O)c2cc(N3CCCC3)ncn2)cc1. The Morgan fingerprint density at radius 3 is 2.60 bits per heavy atom. The van der Waals surface area contributed by atoms with Gasteiger partial charge in [-0.2, -0.15) is 0 Å². The lowest BCUT2D eigenvalue weighted by molar-refractivity contribution is 0.0942. The summed E-state index contributed by atoms with van der Waals surface area (Å²) in [5, 5.41) is 2.81. The highest BCUT2D eigenvalue weighted by Gasteiger charge is 2.16. The molecule has 0 atom stereocenters. The molecule has 7 heteroatoms. The van der Waals surface area contributed by atoms with Gasteiger partial charge in [0, 0.05) is 19.2 Å². The van der Waals surface area contributed by atoms with Crippen molar-refractivity contribution in [2.24, 2.45) is 0 Å². The molecule has 0 bridgehead atoms. The fraction of sp³-hybridized carbons (Fsp3) is 0.389. The van der Waals surface area contributed by atoms with Crippen LogP contribution < -0.4 is 19.7 Å². The lowest BCUT2D eigenvalue weighted by atomic mass is 10.3. The molecular weight excluding hydrogens is 320 g/mol. The molecule has 1 fully saturated rings. The first-order valence-electron chi connectivity index (χ1n) is 8.38. The molecule has 1 aliphatic rings. The molecule has 1 N–H and O–H groups in total. The van der Waals surface area contributed by atoms with Gasteiger partial charge in [0.1, 0.15) is 35.9 Å². The van der Waals surface area contributed by atoms with Gasteiger partial charge in [0.2, 0.25) is 0 Å². The monoisotopic (exact) mass is 342 g/mol. The average molecular weight is 342 g/mol. The predicted molar refractivity (Wildman–Crippen MR) is 94.3 cm³/mol. The van der Waals surface area contributed by atoms with Gasteiger partial charge < -0.3 is 19.7 Å². The van der Waals surface area contributed by atoms with E-state index < -0.39 is 0 Å². The molecule has 0 saturated carbocycles. The highest BCUT2D eigenvalue weighted by molar-refractivity contribution is 5.92. The highest BCUT2D eigenvalue weighted by atomic mass is 16.5. The molecule has 2 aromatic rings. The number of aromatic nitrogens is 2.